The van der Waals surface area contributed by atoms with Crippen LogP contribution in [0.1, 0.15) is 42.3 Å². The maximum Gasteiger partial charge on any atom is 0.193 e. The van der Waals surface area contributed by atoms with Crippen molar-refractivity contribution in [3.63, 3.8) is 0 Å². The minimum absolute atomic E-state index is 0.0321. The van der Waals surface area contributed by atoms with Gasteiger partial charge in [0.2, 0.25) is 0 Å². The van der Waals surface area contributed by atoms with Gasteiger partial charge in [-0.25, -0.2) is 0 Å². The van der Waals surface area contributed by atoms with Crippen molar-refractivity contribution in [2.75, 3.05) is 0 Å². The van der Waals surface area contributed by atoms with Crippen molar-refractivity contribution < 1.29 is 4.79 Å². The van der Waals surface area contributed by atoms with Gasteiger partial charge in [0.05, 0.1) is 0 Å². The third-order valence-corrected chi connectivity index (χ3v) is 5.42. The van der Waals surface area contributed by atoms with Gasteiger partial charge in [-0.1, -0.05) is 95.1 Å². The first-order valence-electron chi connectivity index (χ1n) is 8.46. The fourth-order valence-electron chi connectivity index (χ4n) is 2.86. The van der Waals surface area contributed by atoms with Gasteiger partial charge in [0, 0.05) is 20.1 Å². The highest BCUT2D eigenvalue weighted by Crippen LogP contribution is 2.30. The number of ketones is 1. The van der Waals surface area contributed by atoms with E-state index in [4.69, 9.17) is 0 Å². The summed E-state index contributed by atoms with van der Waals surface area (Å²) in [5.41, 5.74) is 4.65. The molecule has 3 rings (SSSR count). The Hall–Kier alpha value is -1.71. The molecule has 3 heteroatoms. The number of rotatable bonds is 3. The Balaban J connectivity index is 2.04. The molecule has 1 nitrogen and oxygen atoms in total. The van der Waals surface area contributed by atoms with E-state index in [1.807, 2.05) is 66.7 Å². The number of carbonyl (C=O) groups excluding carboxylic acids is 1. The van der Waals surface area contributed by atoms with Crippen molar-refractivity contribution in [1.29, 1.82) is 0 Å². The molecular weight excluding hydrogens is 452 g/mol. The van der Waals surface area contributed by atoms with Crippen LogP contribution in [0.4, 0.5) is 0 Å². The van der Waals surface area contributed by atoms with Crippen LogP contribution >= 0.6 is 31.9 Å². The molecule has 0 aromatic heterocycles. The standard InChI is InChI=1S/C23H20Br2O/c1-23(2,3)17-8-4-16(5-9-17)22(26)21-14-19(25)12-13-20(21)15-6-10-18(24)11-7-15/h4-14H,1-3H3. The van der Waals surface area contributed by atoms with Crippen molar-refractivity contribution in [3.05, 3.63) is 92.4 Å². The summed E-state index contributed by atoms with van der Waals surface area (Å²) in [6, 6.07) is 21.8. The van der Waals surface area contributed by atoms with Crippen molar-refractivity contribution in [2.24, 2.45) is 0 Å². The van der Waals surface area contributed by atoms with Gasteiger partial charge in [-0.3, -0.25) is 4.79 Å². The summed E-state index contributed by atoms with van der Waals surface area (Å²) in [5, 5.41) is 0. The molecule has 0 atom stereocenters. The Morgan fingerprint density at radius 1 is 0.769 bits per heavy atom. The second kappa shape index (κ2) is 7.50. The lowest BCUT2D eigenvalue weighted by molar-refractivity contribution is 0.103. The number of hydrogen-bond donors (Lipinski definition) is 0. The molecule has 0 heterocycles. The predicted molar refractivity (Wildman–Crippen MR) is 116 cm³/mol. The molecule has 0 saturated heterocycles. The summed E-state index contributed by atoms with van der Waals surface area (Å²) in [5.74, 6) is 0.0321. The van der Waals surface area contributed by atoms with Crippen LogP contribution in [0.2, 0.25) is 0 Å². The Labute approximate surface area is 171 Å². The van der Waals surface area contributed by atoms with Crippen LogP contribution in [0, 0.1) is 0 Å². The SMILES string of the molecule is CC(C)(C)c1ccc(C(=O)c2cc(Br)ccc2-c2ccc(Br)cc2)cc1. The van der Waals surface area contributed by atoms with E-state index in [1.54, 1.807) is 0 Å². The van der Waals surface area contributed by atoms with E-state index in [2.05, 4.69) is 52.6 Å². The summed E-state index contributed by atoms with van der Waals surface area (Å²) >= 11 is 6.96. The quantitative estimate of drug-likeness (QED) is 0.363. The third-order valence-electron chi connectivity index (χ3n) is 4.39. The summed E-state index contributed by atoms with van der Waals surface area (Å²) < 4.78 is 1.91. The van der Waals surface area contributed by atoms with Crippen LogP contribution in [-0.2, 0) is 5.41 Å². The molecular formula is C23H20Br2O. The molecule has 3 aromatic carbocycles. The summed E-state index contributed by atoms with van der Waals surface area (Å²) in [6.07, 6.45) is 0. The minimum atomic E-state index is 0.0321. The van der Waals surface area contributed by atoms with Gasteiger partial charge >= 0.3 is 0 Å². The van der Waals surface area contributed by atoms with E-state index in [1.165, 1.54) is 5.56 Å². The maximum absolute atomic E-state index is 13.2. The normalized spacial score (nSPS) is 11.4. The van der Waals surface area contributed by atoms with Gasteiger partial charge in [-0.05, 0) is 46.4 Å². The maximum atomic E-state index is 13.2. The average molecular weight is 472 g/mol. The molecule has 0 amide bonds. The fourth-order valence-corrected chi connectivity index (χ4v) is 3.49. The fraction of sp³-hybridized carbons (Fsp3) is 0.174. The van der Waals surface area contributed by atoms with Gasteiger partial charge in [-0.15, -0.1) is 0 Å². The average Bonchev–Trinajstić information content (AvgIpc) is 2.61. The molecule has 0 unspecified atom stereocenters. The summed E-state index contributed by atoms with van der Waals surface area (Å²) in [7, 11) is 0. The zero-order valence-corrected chi connectivity index (χ0v) is 18.2. The largest absolute Gasteiger partial charge is 0.289 e. The molecule has 26 heavy (non-hydrogen) atoms. The first-order valence-corrected chi connectivity index (χ1v) is 10.0. The van der Waals surface area contributed by atoms with E-state index < -0.39 is 0 Å². The Kier molecular flexibility index (Phi) is 5.50. The van der Waals surface area contributed by atoms with Gasteiger partial charge in [-0.2, -0.15) is 0 Å². The summed E-state index contributed by atoms with van der Waals surface area (Å²) in [6.45, 7) is 6.51. The van der Waals surface area contributed by atoms with Crippen LogP contribution in [0.5, 0.6) is 0 Å². The lowest BCUT2D eigenvalue weighted by Crippen LogP contribution is -2.11. The van der Waals surface area contributed by atoms with Gasteiger partial charge in [0.25, 0.3) is 0 Å². The number of hydrogen-bond acceptors (Lipinski definition) is 1. The van der Waals surface area contributed by atoms with Crippen LogP contribution in [0.3, 0.4) is 0 Å². The Morgan fingerprint density at radius 3 is 1.92 bits per heavy atom. The van der Waals surface area contributed by atoms with Crippen molar-refractivity contribution in [1.82, 2.24) is 0 Å². The van der Waals surface area contributed by atoms with E-state index in [0.29, 0.717) is 11.1 Å². The van der Waals surface area contributed by atoms with Crippen molar-refractivity contribution in [2.45, 2.75) is 26.2 Å². The Bertz CT molecular complexity index is 933. The highest BCUT2D eigenvalue weighted by Gasteiger charge is 2.18. The Morgan fingerprint density at radius 2 is 1.35 bits per heavy atom. The lowest BCUT2D eigenvalue weighted by atomic mass is 9.86. The number of benzene rings is 3. The second-order valence-electron chi connectivity index (χ2n) is 7.35. The smallest absolute Gasteiger partial charge is 0.193 e. The van der Waals surface area contributed by atoms with Crippen molar-refractivity contribution in [3.8, 4) is 11.1 Å². The van der Waals surface area contributed by atoms with Crippen LogP contribution in [-0.4, -0.2) is 5.78 Å². The third kappa shape index (κ3) is 4.16. The molecule has 0 bridgehead atoms. The molecule has 132 valence electrons. The van der Waals surface area contributed by atoms with E-state index in [-0.39, 0.29) is 11.2 Å². The zero-order chi connectivity index (χ0) is 18.9. The van der Waals surface area contributed by atoms with Crippen LogP contribution < -0.4 is 0 Å². The molecule has 0 radical (unpaired) electrons. The molecule has 0 N–H and O–H groups in total. The molecule has 0 saturated carbocycles. The number of carbonyl (C=O) groups is 1. The number of halogens is 2. The molecule has 3 aromatic rings. The molecule has 0 aliphatic heterocycles. The highest BCUT2D eigenvalue weighted by atomic mass is 79.9. The molecule has 0 aliphatic carbocycles. The van der Waals surface area contributed by atoms with Crippen LogP contribution in [0.15, 0.2) is 75.7 Å². The topological polar surface area (TPSA) is 17.1 Å². The lowest BCUT2D eigenvalue weighted by Gasteiger charge is -2.19. The first kappa shape index (κ1) is 19.1. The van der Waals surface area contributed by atoms with E-state index in [9.17, 15) is 4.79 Å². The minimum Gasteiger partial charge on any atom is -0.289 e. The van der Waals surface area contributed by atoms with Gasteiger partial charge in [0.15, 0.2) is 5.78 Å². The molecule has 0 spiro atoms. The van der Waals surface area contributed by atoms with Gasteiger partial charge < -0.3 is 0 Å². The van der Waals surface area contributed by atoms with E-state index in [0.717, 1.165) is 20.1 Å². The predicted octanol–water partition coefficient (Wildman–Crippen LogP) is 7.41. The highest BCUT2D eigenvalue weighted by molar-refractivity contribution is 9.10. The molecule has 0 fully saturated rings. The van der Waals surface area contributed by atoms with Crippen LogP contribution in [0.25, 0.3) is 11.1 Å². The summed E-state index contributed by atoms with van der Waals surface area (Å²) in [4.78, 5) is 13.2. The first-order chi connectivity index (χ1) is 12.3. The zero-order valence-electron chi connectivity index (χ0n) is 15.0. The van der Waals surface area contributed by atoms with Gasteiger partial charge in [0.1, 0.15) is 0 Å². The van der Waals surface area contributed by atoms with E-state index >= 15 is 0 Å². The monoisotopic (exact) mass is 470 g/mol. The second-order valence-corrected chi connectivity index (χ2v) is 9.18. The van der Waals surface area contributed by atoms with Crippen molar-refractivity contribution >= 4 is 37.6 Å². The molecule has 0 aliphatic rings.